The van der Waals surface area contributed by atoms with Crippen molar-refractivity contribution < 1.29 is 9.36 Å². The third kappa shape index (κ3) is 4.31. The minimum atomic E-state index is -1.45. The topological polar surface area (TPSA) is 145 Å². The Morgan fingerprint density at radius 2 is 2.06 bits per heavy atom. The highest BCUT2D eigenvalue weighted by Crippen LogP contribution is 2.32. The van der Waals surface area contributed by atoms with Crippen LogP contribution in [0.25, 0.3) is 0 Å². The third-order valence-electron chi connectivity index (χ3n) is 1.95. The van der Waals surface area contributed by atoms with E-state index in [4.69, 9.17) is 32.2 Å². The molecule has 0 radical (unpaired) electrons. The van der Waals surface area contributed by atoms with E-state index in [-0.39, 0.29) is 0 Å². The van der Waals surface area contributed by atoms with E-state index in [9.17, 15) is 0 Å². The van der Waals surface area contributed by atoms with Gasteiger partial charge in [0.05, 0.1) is 6.61 Å². The molecule has 8 N–H and O–H groups in total. The number of aromatic nitrogens is 3. The molecule has 9 nitrogen and oxygen atoms in total. The molecule has 0 bridgehead atoms. The molecule has 0 spiro atoms. The van der Waals surface area contributed by atoms with Gasteiger partial charge in [-0.15, -0.1) is 4.26 Å². The maximum Gasteiger partial charge on any atom is 0.236 e. The highest BCUT2D eigenvalue weighted by atomic mass is 31.2. The van der Waals surface area contributed by atoms with Crippen molar-refractivity contribution in [3.8, 4) is 0 Å². The lowest BCUT2D eigenvalue weighted by Crippen LogP contribution is -2.54. The van der Waals surface area contributed by atoms with E-state index in [0.717, 1.165) is 6.42 Å². The predicted octanol–water partition coefficient (Wildman–Crippen LogP) is 0.0383. The molecule has 0 aliphatic rings. The van der Waals surface area contributed by atoms with Gasteiger partial charge in [-0.25, -0.2) is 10.0 Å². The molecule has 12 heteroatoms. The Kier molecular flexibility index (Phi) is 6.27. The van der Waals surface area contributed by atoms with Gasteiger partial charge in [0, 0.05) is 6.42 Å². The van der Waals surface area contributed by atoms with Gasteiger partial charge in [0.1, 0.15) is 0 Å². The lowest BCUT2D eigenvalue weighted by atomic mass is 10.3. The summed E-state index contributed by atoms with van der Waals surface area (Å²) in [5.41, 5.74) is 17.5. The van der Waals surface area contributed by atoms with Crippen LogP contribution in [0.15, 0.2) is 0 Å². The molecule has 0 aliphatic heterocycles. The van der Waals surface area contributed by atoms with Gasteiger partial charge in [-0.3, -0.25) is 26.3 Å². The molecular weight excluding hydrogens is 295 g/mol. The van der Waals surface area contributed by atoms with E-state index in [1.807, 2.05) is 13.8 Å². The number of rotatable bonds is 6. The van der Waals surface area contributed by atoms with Crippen molar-refractivity contribution in [1.29, 1.82) is 0 Å². The molecule has 1 heterocycles. The second-order valence-corrected chi connectivity index (χ2v) is 8.00. The molecule has 0 saturated heterocycles. The third-order valence-corrected chi connectivity index (χ3v) is 6.67. The molecule has 1 aromatic heterocycles. The van der Waals surface area contributed by atoms with Crippen LogP contribution in [0.2, 0.25) is 0 Å². The number of nitrogen functional groups attached to an aromatic ring is 2. The molecule has 0 saturated carbocycles. The van der Waals surface area contributed by atoms with Gasteiger partial charge in [-0.05, 0) is 6.42 Å². The maximum absolute atomic E-state index is 5.97. The summed E-state index contributed by atoms with van der Waals surface area (Å²) in [6.07, 6.45) is 1.30. The Balaban J connectivity index is 3.06. The normalized spacial score (nSPS) is 14.3. The number of nitrogens with zero attached hydrogens (tertiary/aromatic N) is 3. The Hall–Kier alpha value is 0.0600. The smallest absolute Gasteiger partial charge is 0.236 e. The van der Waals surface area contributed by atoms with Crippen molar-refractivity contribution >= 4 is 24.6 Å². The molecule has 0 aromatic carbocycles. The van der Waals surface area contributed by atoms with E-state index in [0.29, 0.717) is 21.5 Å². The van der Waals surface area contributed by atoms with Crippen molar-refractivity contribution in [3.05, 3.63) is 0 Å². The lowest BCUT2D eigenvalue weighted by molar-refractivity contribution is 0.112. The van der Waals surface area contributed by atoms with Gasteiger partial charge >= 0.3 is 0 Å². The first-order valence-corrected chi connectivity index (χ1v) is 8.70. The largest absolute Gasteiger partial charge is 0.290 e. The second kappa shape index (κ2) is 7.01. The predicted molar refractivity (Wildman–Crippen MR) is 75.8 cm³/mol. The molecule has 0 aliphatic carbocycles. The number of hydrogen-bond donors (Lipinski definition) is 4. The second-order valence-electron chi connectivity index (χ2n) is 3.56. The highest BCUT2D eigenvalue weighted by Gasteiger charge is 2.22. The van der Waals surface area contributed by atoms with Crippen LogP contribution in [0.1, 0.15) is 26.7 Å². The fourth-order valence-electron chi connectivity index (χ4n) is 0.858. The van der Waals surface area contributed by atoms with Gasteiger partial charge in [-0.2, -0.15) is 4.51 Å². The summed E-state index contributed by atoms with van der Waals surface area (Å²) in [6, 6.07) is 0. The summed E-state index contributed by atoms with van der Waals surface area (Å²) >= 11 is 0. The minimum Gasteiger partial charge on any atom is -0.290 e. The van der Waals surface area contributed by atoms with Crippen LogP contribution < -0.4 is 32.2 Å². The van der Waals surface area contributed by atoms with Crippen LogP contribution in [0.4, 0.5) is 0 Å². The molecule has 1 rings (SSSR count). The summed E-state index contributed by atoms with van der Waals surface area (Å²) < 4.78 is 12.6. The zero-order valence-corrected chi connectivity index (χ0v) is 13.1. The lowest BCUT2D eigenvalue weighted by Gasteiger charge is -2.24. The average molecular weight is 315 g/mol. The van der Waals surface area contributed by atoms with Crippen molar-refractivity contribution in [2.45, 2.75) is 32.5 Å². The first-order valence-electron chi connectivity index (χ1n) is 5.42. The van der Waals surface area contributed by atoms with Crippen LogP contribution in [0.3, 0.4) is 0 Å². The van der Waals surface area contributed by atoms with Gasteiger partial charge in [0.15, 0.2) is 22.4 Å². The fourth-order valence-corrected chi connectivity index (χ4v) is 5.29. The highest BCUT2D eigenvalue weighted by molar-refractivity contribution is 7.58. The quantitative estimate of drug-likeness (QED) is 0.428. The zero-order chi connectivity index (χ0) is 13.8. The Labute approximate surface area is 109 Å². The van der Waals surface area contributed by atoms with Gasteiger partial charge in [0.2, 0.25) is 8.08 Å². The summed E-state index contributed by atoms with van der Waals surface area (Å²) in [7, 11) is -2.24. The molecule has 106 valence electrons. The first-order chi connectivity index (χ1) is 8.41. The number of nitrogens with two attached hydrogens (primary N) is 4. The zero-order valence-electron chi connectivity index (χ0n) is 10.4. The molecule has 2 atom stereocenters. The minimum absolute atomic E-state index is 0.453. The Bertz CT molecular complexity index is 418. The van der Waals surface area contributed by atoms with Crippen LogP contribution in [-0.2, 0) is 0 Å². The van der Waals surface area contributed by atoms with Crippen molar-refractivity contribution in [1.82, 2.24) is 13.0 Å². The average Bonchev–Trinajstić information content (AvgIpc) is 2.33. The maximum atomic E-state index is 5.97. The van der Waals surface area contributed by atoms with Crippen LogP contribution in [-0.4, -0.2) is 25.4 Å². The molecule has 0 amide bonds. The monoisotopic (exact) mass is 315 g/mol. The molecular formula is C6H20N7O2P3. The molecule has 2 unspecified atom stereocenters. The molecule has 18 heavy (non-hydrogen) atoms. The Morgan fingerprint density at radius 3 is 2.61 bits per heavy atom. The van der Waals surface area contributed by atoms with Gasteiger partial charge < -0.3 is 0 Å². The van der Waals surface area contributed by atoms with E-state index in [1.165, 1.54) is 8.46 Å². The summed E-state index contributed by atoms with van der Waals surface area (Å²) in [5, 5.41) is 0. The van der Waals surface area contributed by atoms with Crippen LogP contribution >= 0.6 is 24.6 Å². The van der Waals surface area contributed by atoms with Crippen molar-refractivity contribution in [3.63, 3.8) is 0 Å². The summed E-state index contributed by atoms with van der Waals surface area (Å²) in [4.78, 5) is 5.53. The standard InChI is InChI=1S/C6H20N7O2P3/c1-3-5-14-13-17(10)12(9)16-11-18(13)15-6(7,8)4-2/h3-5,7-10H2,1-2H3. The molecule has 0 fully saturated rings. The number of hydrogen-bond acceptors (Lipinski definition) is 7. The van der Waals surface area contributed by atoms with E-state index in [2.05, 4.69) is 4.51 Å². The summed E-state index contributed by atoms with van der Waals surface area (Å²) in [5.74, 6) is 4.46. The van der Waals surface area contributed by atoms with Crippen molar-refractivity contribution in [2.24, 2.45) is 11.5 Å². The van der Waals surface area contributed by atoms with Gasteiger partial charge in [-0.1, -0.05) is 13.8 Å². The van der Waals surface area contributed by atoms with E-state index in [1.54, 1.807) is 0 Å². The first kappa shape index (κ1) is 16.1. The van der Waals surface area contributed by atoms with E-state index >= 15 is 0 Å². The van der Waals surface area contributed by atoms with Crippen LogP contribution in [0.5, 0.6) is 0 Å². The van der Waals surface area contributed by atoms with Crippen molar-refractivity contribution in [2.75, 3.05) is 18.0 Å². The summed E-state index contributed by atoms with van der Waals surface area (Å²) in [6.45, 7) is 4.32. The Morgan fingerprint density at radius 1 is 1.39 bits per heavy atom. The van der Waals surface area contributed by atoms with Gasteiger partial charge in [0.25, 0.3) is 0 Å². The van der Waals surface area contributed by atoms with E-state index < -0.39 is 21.9 Å². The molecule has 1 aromatic rings. The SMILES string of the molecule is CCCOn1p(OC(N)(N)CC)npn(N)p1N. The fraction of sp³-hybridized carbons (Fsp3) is 1.00. The van der Waals surface area contributed by atoms with Crippen LogP contribution in [0, 0.1) is 0 Å².